The van der Waals surface area contributed by atoms with Gasteiger partial charge in [0.05, 0.1) is 6.10 Å². The second-order valence-electron chi connectivity index (χ2n) is 2.30. The minimum Gasteiger partial charge on any atom is -0.505 e. The van der Waals surface area contributed by atoms with E-state index >= 15 is 0 Å². The quantitative estimate of drug-likeness (QED) is 0.455. The fourth-order valence-electron chi connectivity index (χ4n) is 0.793. The first-order valence-corrected chi connectivity index (χ1v) is 3.05. The Balaban J connectivity index is 2.86. The predicted octanol–water partition coefficient (Wildman–Crippen LogP) is -0.380. The van der Waals surface area contributed by atoms with Crippen molar-refractivity contribution < 1.29 is 24.9 Å². The van der Waals surface area contributed by atoms with E-state index in [1.807, 2.05) is 0 Å². The van der Waals surface area contributed by atoms with Crippen molar-refractivity contribution >= 4 is 5.97 Å². The molecule has 3 N–H and O–H groups in total. The maximum Gasteiger partial charge on any atom is 0.377 e. The van der Waals surface area contributed by atoms with Crippen molar-refractivity contribution in [3.05, 3.63) is 11.5 Å². The normalized spacial score (nSPS) is 27.1. The minimum atomic E-state index is -1.12. The zero-order valence-corrected chi connectivity index (χ0v) is 5.81. The molecule has 1 aliphatic rings. The number of hydrogen-bond donors (Lipinski definition) is 3. The van der Waals surface area contributed by atoms with Crippen LogP contribution in [-0.4, -0.2) is 33.5 Å². The molecule has 62 valence electrons. The summed E-state index contributed by atoms with van der Waals surface area (Å²) in [5, 5.41) is 26.5. The highest BCUT2D eigenvalue weighted by Crippen LogP contribution is 2.20. The van der Waals surface area contributed by atoms with E-state index in [0.29, 0.717) is 0 Å². The van der Waals surface area contributed by atoms with Crippen LogP contribution in [0.25, 0.3) is 0 Å². The Morgan fingerprint density at radius 3 is 2.27 bits per heavy atom. The van der Waals surface area contributed by atoms with Gasteiger partial charge in [0.25, 0.3) is 0 Å². The van der Waals surface area contributed by atoms with Crippen LogP contribution >= 0.6 is 0 Å². The smallest absolute Gasteiger partial charge is 0.377 e. The molecule has 0 bridgehead atoms. The van der Waals surface area contributed by atoms with Crippen LogP contribution < -0.4 is 0 Å². The number of ether oxygens (including phenoxy) is 1. The van der Waals surface area contributed by atoms with E-state index in [-0.39, 0.29) is 0 Å². The highest BCUT2D eigenvalue weighted by molar-refractivity contribution is 5.89. The number of hydrogen-bond acceptors (Lipinski definition) is 5. The Bertz CT molecular complexity index is 217. The summed E-state index contributed by atoms with van der Waals surface area (Å²) in [5.41, 5.74) is 0. The van der Waals surface area contributed by atoms with Crippen molar-refractivity contribution in [3.8, 4) is 0 Å². The lowest BCUT2D eigenvalue weighted by Gasteiger charge is -2.11. The summed E-state index contributed by atoms with van der Waals surface area (Å²) in [4.78, 5) is 10.5. The molecule has 0 fully saturated rings. The van der Waals surface area contributed by atoms with Crippen molar-refractivity contribution in [2.45, 2.75) is 19.1 Å². The van der Waals surface area contributed by atoms with E-state index in [0.717, 1.165) is 0 Å². The molecule has 0 aliphatic carbocycles. The Morgan fingerprint density at radius 1 is 1.55 bits per heavy atom. The van der Waals surface area contributed by atoms with E-state index in [1.165, 1.54) is 6.92 Å². The maximum absolute atomic E-state index is 10.5. The molecule has 1 aliphatic heterocycles. The second-order valence-corrected chi connectivity index (χ2v) is 2.30. The zero-order valence-electron chi connectivity index (χ0n) is 5.81. The Hall–Kier alpha value is -1.23. The number of esters is 1. The highest BCUT2D eigenvalue weighted by Gasteiger charge is 2.37. The van der Waals surface area contributed by atoms with Crippen LogP contribution in [0.5, 0.6) is 0 Å². The van der Waals surface area contributed by atoms with Gasteiger partial charge >= 0.3 is 5.97 Å². The van der Waals surface area contributed by atoms with Crippen molar-refractivity contribution in [2.75, 3.05) is 0 Å². The highest BCUT2D eigenvalue weighted by atomic mass is 16.6. The lowest BCUT2D eigenvalue weighted by atomic mass is 10.2. The fourth-order valence-corrected chi connectivity index (χ4v) is 0.793. The van der Waals surface area contributed by atoms with Crippen LogP contribution in [0, 0.1) is 0 Å². The topological polar surface area (TPSA) is 87.0 Å². The third-order valence-corrected chi connectivity index (χ3v) is 1.38. The van der Waals surface area contributed by atoms with E-state index in [2.05, 4.69) is 4.74 Å². The fraction of sp³-hybridized carbons (Fsp3) is 0.500. The van der Waals surface area contributed by atoms with E-state index in [4.69, 9.17) is 15.3 Å². The average molecular weight is 160 g/mol. The number of rotatable bonds is 1. The van der Waals surface area contributed by atoms with Crippen LogP contribution in [0.3, 0.4) is 0 Å². The Kier molecular flexibility index (Phi) is 1.74. The molecule has 0 aromatic rings. The van der Waals surface area contributed by atoms with Gasteiger partial charge < -0.3 is 20.1 Å². The van der Waals surface area contributed by atoms with Gasteiger partial charge in [0.15, 0.2) is 11.9 Å². The average Bonchev–Trinajstić information content (AvgIpc) is 2.17. The maximum atomic E-state index is 10.5. The van der Waals surface area contributed by atoms with Gasteiger partial charge in [0.2, 0.25) is 5.76 Å². The molecule has 0 spiro atoms. The standard InChI is InChI=1S/C6H8O5/c1-2(7)5-3(8)4(9)6(10)11-5/h2,5,7-9H,1H3/t2?,5-/m0/s1. The molecule has 5 heteroatoms. The third-order valence-electron chi connectivity index (χ3n) is 1.38. The van der Waals surface area contributed by atoms with Crippen LogP contribution in [0.2, 0.25) is 0 Å². The first kappa shape index (κ1) is 7.87. The van der Waals surface area contributed by atoms with E-state index in [1.54, 1.807) is 0 Å². The number of aliphatic hydroxyl groups is 3. The van der Waals surface area contributed by atoms with Gasteiger partial charge in [-0.3, -0.25) is 0 Å². The number of cyclic esters (lactones) is 1. The van der Waals surface area contributed by atoms with Gasteiger partial charge in [-0.15, -0.1) is 0 Å². The van der Waals surface area contributed by atoms with Crippen molar-refractivity contribution in [2.24, 2.45) is 0 Å². The van der Waals surface area contributed by atoms with Crippen LogP contribution in [0.4, 0.5) is 0 Å². The Labute approximate surface area is 62.5 Å². The molecule has 2 atom stereocenters. The minimum absolute atomic E-state index is 0.606. The van der Waals surface area contributed by atoms with Crippen molar-refractivity contribution in [1.29, 1.82) is 0 Å². The summed E-state index contributed by atoms with van der Waals surface area (Å²) in [6, 6.07) is 0. The summed E-state index contributed by atoms with van der Waals surface area (Å²) < 4.78 is 4.38. The van der Waals surface area contributed by atoms with Gasteiger partial charge in [0.1, 0.15) is 0 Å². The van der Waals surface area contributed by atoms with E-state index in [9.17, 15) is 4.79 Å². The van der Waals surface area contributed by atoms with Crippen LogP contribution in [0.15, 0.2) is 11.5 Å². The third kappa shape index (κ3) is 1.14. The number of carbonyl (C=O) groups excluding carboxylic acids is 1. The molecule has 0 saturated carbocycles. The first-order valence-electron chi connectivity index (χ1n) is 3.05. The van der Waals surface area contributed by atoms with Gasteiger partial charge in [-0.25, -0.2) is 4.79 Å². The molecule has 1 rings (SSSR count). The molecule has 0 aromatic heterocycles. The summed E-state index contributed by atoms with van der Waals surface area (Å²) in [6.07, 6.45) is -2.15. The zero-order chi connectivity index (χ0) is 8.59. The molecule has 0 aromatic carbocycles. The molecule has 1 heterocycles. The monoisotopic (exact) mass is 160 g/mol. The summed E-state index contributed by atoms with van der Waals surface area (Å²) in [7, 11) is 0. The molecule has 5 nitrogen and oxygen atoms in total. The lowest BCUT2D eigenvalue weighted by molar-refractivity contribution is -0.146. The van der Waals surface area contributed by atoms with Crippen molar-refractivity contribution in [1.82, 2.24) is 0 Å². The largest absolute Gasteiger partial charge is 0.505 e. The SMILES string of the molecule is CC(O)[C@@H]1OC(=O)C(O)=C1O. The first-order chi connectivity index (χ1) is 5.04. The summed E-state index contributed by atoms with van der Waals surface area (Å²) in [5.74, 6) is -2.44. The molecule has 1 unspecified atom stereocenters. The summed E-state index contributed by atoms with van der Waals surface area (Å²) in [6.45, 7) is 1.34. The molecule has 0 radical (unpaired) electrons. The molecular formula is C6H8O5. The van der Waals surface area contributed by atoms with Gasteiger partial charge in [-0.05, 0) is 6.92 Å². The van der Waals surface area contributed by atoms with Gasteiger partial charge in [0, 0.05) is 0 Å². The van der Waals surface area contributed by atoms with Crippen LogP contribution in [-0.2, 0) is 9.53 Å². The lowest BCUT2D eigenvalue weighted by Crippen LogP contribution is -2.25. The van der Waals surface area contributed by atoms with E-state index < -0.39 is 29.7 Å². The molecule has 11 heavy (non-hydrogen) atoms. The number of carbonyl (C=O) groups is 1. The van der Waals surface area contributed by atoms with Gasteiger partial charge in [-0.2, -0.15) is 0 Å². The second kappa shape index (κ2) is 2.43. The molecular weight excluding hydrogens is 152 g/mol. The Morgan fingerprint density at radius 2 is 2.09 bits per heavy atom. The predicted molar refractivity (Wildman–Crippen MR) is 33.8 cm³/mol. The van der Waals surface area contributed by atoms with Gasteiger partial charge in [-0.1, -0.05) is 0 Å². The summed E-state index contributed by atoms with van der Waals surface area (Å²) >= 11 is 0. The molecule has 0 saturated heterocycles. The molecule has 0 amide bonds. The van der Waals surface area contributed by atoms with Crippen molar-refractivity contribution in [3.63, 3.8) is 0 Å². The number of aliphatic hydroxyl groups excluding tert-OH is 3. The van der Waals surface area contributed by atoms with Crippen LogP contribution in [0.1, 0.15) is 6.92 Å².